The van der Waals surface area contributed by atoms with E-state index in [0.717, 1.165) is 30.5 Å². The maximum Gasteiger partial charge on any atom is 0.235 e. The van der Waals surface area contributed by atoms with Gasteiger partial charge in [-0.1, -0.05) is 29.8 Å². The Morgan fingerprint density at radius 1 is 1.22 bits per heavy atom. The van der Waals surface area contributed by atoms with E-state index in [1.54, 1.807) is 0 Å². The smallest absolute Gasteiger partial charge is 0.235 e. The van der Waals surface area contributed by atoms with E-state index in [1.165, 1.54) is 11.1 Å². The summed E-state index contributed by atoms with van der Waals surface area (Å²) >= 11 is 0. The summed E-state index contributed by atoms with van der Waals surface area (Å²) in [6.45, 7) is 4.17. The fourth-order valence-electron chi connectivity index (χ4n) is 4.27. The molecule has 2 aliphatic heterocycles. The summed E-state index contributed by atoms with van der Waals surface area (Å²) in [6, 6.07) is 8.45. The number of hydrogen-bond donors (Lipinski definition) is 2. The number of H-pyrrole nitrogens is 1. The van der Waals surface area contributed by atoms with Gasteiger partial charge in [-0.3, -0.25) is 14.7 Å². The highest BCUT2D eigenvalue weighted by atomic mass is 16.2. The van der Waals surface area contributed by atoms with Crippen LogP contribution >= 0.6 is 0 Å². The normalized spacial score (nSPS) is 21.1. The Labute approximate surface area is 159 Å². The van der Waals surface area contributed by atoms with E-state index >= 15 is 0 Å². The van der Waals surface area contributed by atoms with Gasteiger partial charge in [-0.25, -0.2) is 0 Å². The Bertz CT molecular complexity index is 836. The summed E-state index contributed by atoms with van der Waals surface area (Å²) in [5.74, 6) is -0.254. The first-order valence-corrected chi connectivity index (χ1v) is 9.80. The highest BCUT2D eigenvalue weighted by Crippen LogP contribution is 2.34. The molecule has 0 unspecified atom stereocenters. The van der Waals surface area contributed by atoms with E-state index in [4.69, 9.17) is 0 Å². The standard InChI is InChI=1S/C21H26N4O2/c1-14-4-2-5-16(12-14)18-13-23-24-19(18)15-7-10-25(11-8-15)21(27)17-6-3-9-22-20(17)26/h2,4-5,12-13,15,17H,3,6-11H2,1H3,(H,22,26)(H,23,24)/t17-/m0/s1. The fourth-order valence-corrected chi connectivity index (χ4v) is 4.27. The number of hydrogen-bond acceptors (Lipinski definition) is 3. The van der Waals surface area contributed by atoms with Crippen LogP contribution in [0.15, 0.2) is 30.5 Å². The number of amides is 2. The number of aromatic amines is 1. The Balaban J connectivity index is 1.44. The van der Waals surface area contributed by atoms with Crippen molar-refractivity contribution in [1.29, 1.82) is 0 Å². The third-order valence-corrected chi connectivity index (χ3v) is 5.80. The molecule has 27 heavy (non-hydrogen) atoms. The molecule has 6 heteroatoms. The van der Waals surface area contributed by atoms with E-state index < -0.39 is 5.92 Å². The first kappa shape index (κ1) is 17.8. The lowest BCUT2D eigenvalue weighted by Gasteiger charge is -2.34. The van der Waals surface area contributed by atoms with E-state index in [0.29, 0.717) is 32.0 Å². The highest BCUT2D eigenvalue weighted by Gasteiger charge is 2.34. The number of nitrogens with one attached hydrogen (secondary N) is 2. The summed E-state index contributed by atoms with van der Waals surface area (Å²) in [4.78, 5) is 26.6. The topological polar surface area (TPSA) is 78.1 Å². The molecule has 0 spiro atoms. The molecule has 0 bridgehead atoms. The van der Waals surface area contributed by atoms with Crippen molar-refractivity contribution in [2.24, 2.45) is 5.92 Å². The first-order chi connectivity index (χ1) is 13.1. The zero-order chi connectivity index (χ0) is 18.8. The molecule has 2 fully saturated rings. The van der Waals surface area contributed by atoms with Gasteiger partial charge >= 0.3 is 0 Å². The fraction of sp³-hybridized carbons (Fsp3) is 0.476. The second-order valence-corrected chi connectivity index (χ2v) is 7.65. The lowest BCUT2D eigenvalue weighted by Crippen LogP contribution is -2.48. The van der Waals surface area contributed by atoms with Crippen molar-refractivity contribution in [1.82, 2.24) is 20.4 Å². The highest BCUT2D eigenvalue weighted by molar-refractivity contribution is 6.00. The van der Waals surface area contributed by atoms with Crippen LogP contribution in [0.3, 0.4) is 0 Å². The Kier molecular flexibility index (Phi) is 4.97. The van der Waals surface area contributed by atoms with E-state index in [9.17, 15) is 9.59 Å². The molecule has 0 saturated carbocycles. The average molecular weight is 366 g/mol. The van der Waals surface area contributed by atoms with Gasteiger partial charge in [-0.2, -0.15) is 5.10 Å². The molecule has 1 atom stereocenters. The molecule has 2 amide bonds. The first-order valence-electron chi connectivity index (χ1n) is 9.80. The van der Waals surface area contributed by atoms with Crippen LogP contribution in [-0.4, -0.2) is 46.5 Å². The van der Waals surface area contributed by atoms with Crippen molar-refractivity contribution in [3.8, 4) is 11.1 Å². The van der Waals surface area contributed by atoms with Crippen LogP contribution in [0.5, 0.6) is 0 Å². The maximum atomic E-state index is 12.7. The van der Waals surface area contributed by atoms with Crippen molar-refractivity contribution >= 4 is 11.8 Å². The van der Waals surface area contributed by atoms with Crippen LogP contribution in [-0.2, 0) is 9.59 Å². The van der Waals surface area contributed by atoms with Crippen LogP contribution in [0.1, 0.15) is 42.9 Å². The van der Waals surface area contributed by atoms with Crippen molar-refractivity contribution in [3.63, 3.8) is 0 Å². The zero-order valence-corrected chi connectivity index (χ0v) is 15.7. The summed E-state index contributed by atoms with van der Waals surface area (Å²) in [5, 5.41) is 10.3. The number of aryl methyl sites for hydroxylation is 1. The van der Waals surface area contributed by atoms with Crippen molar-refractivity contribution in [2.45, 2.75) is 38.5 Å². The lowest BCUT2D eigenvalue weighted by molar-refractivity contribution is -0.144. The van der Waals surface area contributed by atoms with Crippen LogP contribution < -0.4 is 5.32 Å². The number of piperidine rings is 2. The molecule has 2 aromatic rings. The average Bonchev–Trinajstić information content (AvgIpc) is 3.18. The van der Waals surface area contributed by atoms with Gasteiger partial charge in [0.25, 0.3) is 0 Å². The molecule has 1 aromatic heterocycles. The minimum atomic E-state index is -0.495. The number of benzene rings is 1. The zero-order valence-electron chi connectivity index (χ0n) is 15.7. The van der Waals surface area contributed by atoms with E-state index in [1.807, 2.05) is 11.1 Å². The molecular formula is C21H26N4O2. The molecule has 2 aliphatic rings. The molecule has 0 radical (unpaired) electrons. The SMILES string of the molecule is Cc1cccc(-c2cn[nH]c2C2CCN(C(=O)[C@H]3CCCNC3=O)CC2)c1. The number of rotatable bonds is 3. The molecule has 142 valence electrons. The number of likely N-dealkylation sites (tertiary alicyclic amines) is 1. The predicted molar refractivity (Wildman–Crippen MR) is 103 cm³/mol. The van der Waals surface area contributed by atoms with Crippen LogP contribution in [0.2, 0.25) is 0 Å². The number of carbonyl (C=O) groups excluding carboxylic acids is 2. The number of carbonyl (C=O) groups is 2. The molecule has 6 nitrogen and oxygen atoms in total. The number of aromatic nitrogens is 2. The Morgan fingerprint density at radius 3 is 2.78 bits per heavy atom. The van der Waals surface area contributed by atoms with Crippen molar-refractivity contribution in [2.75, 3.05) is 19.6 Å². The van der Waals surface area contributed by atoms with Gasteiger partial charge in [-0.15, -0.1) is 0 Å². The van der Waals surface area contributed by atoms with E-state index in [2.05, 4.69) is 46.7 Å². The predicted octanol–water partition coefficient (Wildman–Crippen LogP) is 2.62. The molecule has 2 saturated heterocycles. The van der Waals surface area contributed by atoms with Gasteiger partial charge in [-0.05, 0) is 38.2 Å². The largest absolute Gasteiger partial charge is 0.355 e. The van der Waals surface area contributed by atoms with Crippen molar-refractivity contribution in [3.05, 3.63) is 41.7 Å². The third kappa shape index (κ3) is 3.61. The summed E-state index contributed by atoms with van der Waals surface area (Å²) in [6.07, 6.45) is 5.23. The second-order valence-electron chi connectivity index (χ2n) is 7.65. The molecule has 4 rings (SSSR count). The molecule has 1 aromatic carbocycles. The molecular weight excluding hydrogens is 340 g/mol. The summed E-state index contributed by atoms with van der Waals surface area (Å²) in [7, 11) is 0. The molecule has 2 N–H and O–H groups in total. The van der Waals surface area contributed by atoms with Gasteiger partial charge in [0.15, 0.2) is 0 Å². The number of nitrogens with zero attached hydrogens (tertiary/aromatic N) is 2. The second kappa shape index (κ2) is 7.55. The van der Waals surface area contributed by atoms with Gasteiger partial charge in [0.2, 0.25) is 11.8 Å². The quantitative estimate of drug-likeness (QED) is 0.820. The van der Waals surface area contributed by atoms with Gasteiger partial charge in [0.05, 0.1) is 6.20 Å². The Morgan fingerprint density at radius 2 is 2.04 bits per heavy atom. The van der Waals surface area contributed by atoms with Gasteiger partial charge in [0.1, 0.15) is 5.92 Å². The van der Waals surface area contributed by atoms with Crippen molar-refractivity contribution < 1.29 is 9.59 Å². The summed E-state index contributed by atoms with van der Waals surface area (Å²) in [5.41, 5.74) is 4.71. The minimum absolute atomic E-state index is 0.00540. The van der Waals surface area contributed by atoms with Crippen LogP contribution in [0.25, 0.3) is 11.1 Å². The third-order valence-electron chi connectivity index (χ3n) is 5.80. The van der Waals surface area contributed by atoms with E-state index in [-0.39, 0.29) is 11.8 Å². The minimum Gasteiger partial charge on any atom is -0.355 e. The molecule has 3 heterocycles. The monoisotopic (exact) mass is 366 g/mol. The molecule has 0 aliphatic carbocycles. The van der Waals surface area contributed by atoms with Crippen LogP contribution in [0, 0.1) is 12.8 Å². The Hall–Kier alpha value is -2.63. The van der Waals surface area contributed by atoms with Gasteiger partial charge in [0, 0.05) is 36.8 Å². The van der Waals surface area contributed by atoms with Crippen LogP contribution in [0.4, 0.5) is 0 Å². The maximum absolute atomic E-state index is 12.7. The van der Waals surface area contributed by atoms with Gasteiger partial charge < -0.3 is 10.2 Å². The summed E-state index contributed by atoms with van der Waals surface area (Å²) < 4.78 is 0. The lowest BCUT2D eigenvalue weighted by atomic mass is 9.88.